The number of hydrogen-bond donors (Lipinski definition) is 1. The van der Waals surface area contributed by atoms with Crippen molar-refractivity contribution in [3.05, 3.63) is 54.1 Å². The van der Waals surface area contributed by atoms with Crippen molar-refractivity contribution >= 4 is 35.0 Å². The van der Waals surface area contributed by atoms with Gasteiger partial charge < -0.3 is 24.5 Å². The fraction of sp³-hybridized carbons (Fsp3) is 0.519. The van der Waals surface area contributed by atoms with Crippen molar-refractivity contribution in [1.29, 1.82) is 0 Å². The Hall–Kier alpha value is -2.68. The molecule has 3 aliphatic heterocycles. The molecular formula is C27H34ClN3O5. The Balaban J connectivity index is 1.82. The number of hydrogen-bond acceptors (Lipinski definition) is 5. The summed E-state index contributed by atoms with van der Waals surface area (Å²) in [5, 5.41) is 10.4. The average Bonchev–Trinajstić information content (AvgIpc) is 3.49. The van der Waals surface area contributed by atoms with Crippen LogP contribution in [0.25, 0.3) is 0 Å². The van der Waals surface area contributed by atoms with Gasteiger partial charge in [0, 0.05) is 20.1 Å². The number of fused-ring (bicyclic) bond motifs is 1. The van der Waals surface area contributed by atoms with Crippen LogP contribution in [0.3, 0.4) is 0 Å². The first-order valence-corrected chi connectivity index (χ1v) is 12.7. The normalized spacial score (nSPS) is 29.1. The summed E-state index contributed by atoms with van der Waals surface area (Å²) in [5.74, 6) is -2.41. The van der Waals surface area contributed by atoms with Gasteiger partial charge in [-0.3, -0.25) is 14.4 Å². The lowest BCUT2D eigenvalue weighted by Gasteiger charge is -2.39. The molecule has 0 aliphatic carbocycles. The molecule has 1 N–H and O–H groups in total. The highest BCUT2D eigenvalue weighted by Crippen LogP contribution is 2.59. The van der Waals surface area contributed by atoms with Crippen molar-refractivity contribution in [3.63, 3.8) is 0 Å². The fourth-order valence-corrected chi connectivity index (χ4v) is 6.61. The standard InChI is InChI=1S/C27H34ClN3O5/c1-6-13-29(5)24(33)20-19-11-12-27(36-19)21(20)25(34)31(17(4)15-32)23(27)26(35)30(14-7-2)22-16(3)9-8-10-18(22)28/h6-10,17,19-21,23,32H,1-2,11-15H2,3-5H3/t17-,19-,20+,21+,23?,27?/m1/s1. The number of nitrogens with zero attached hydrogens (tertiary/aromatic N) is 3. The van der Waals surface area contributed by atoms with Crippen molar-refractivity contribution in [1.82, 2.24) is 9.80 Å². The van der Waals surface area contributed by atoms with E-state index in [0.717, 1.165) is 5.56 Å². The van der Waals surface area contributed by atoms with Gasteiger partial charge in [0.25, 0.3) is 5.91 Å². The second-order valence-corrected chi connectivity index (χ2v) is 10.4. The number of rotatable bonds is 9. The Labute approximate surface area is 217 Å². The molecule has 3 heterocycles. The van der Waals surface area contributed by atoms with Crippen LogP contribution in [0.1, 0.15) is 25.3 Å². The predicted molar refractivity (Wildman–Crippen MR) is 138 cm³/mol. The topological polar surface area (TPSA) is 90.4 Å². The molecule has 36 heavy (non-hydrogen) atoms. The Bertz CT molecular complexity index is 1070. The first-order chi connectivity index (χ1) is 17.1. The van der Waals surface area contributed by atoms with Crippen LogP contribution in [0, 0.1) is 18.8 Å². The van der Waals surface area contributed by atoms with Crippen molar-refractivity contribution in [2.24, 2.45) is 11.8 Å². The summed E-state index contributed by atoms with van der Waals surface area (Å²) < 4.78 is 6.48. The van der Waals surface area contributed by atoms with Gasteiger partial charge in [0.15, 0.2) is 0 Å². The molecule has 8 nitrogen and oxygen atoms in total. The van der Waals surface area contributed by atoms with Gasteiger partial charge in [0.2, 0.25) is 11.8 Å². The number of likely N-dealkylation sites (N-methyl/N-ethyl adjacent to an activating group) is 1. The molecule has 3 fully saturated rings. The second-order valence-electron chi connectivity index (χ2n) is 9.98. The van der Waals surface area contributed by atoms with Crippen molar-refractivity contribution < 1.29 is 24.2 Å². The van der Waals surface area contributed by atoms with Crippen LogP contribution in [0.15, 0.2) is 43.5 Å². The summed E-state index contributed by atoms with van der Waals surface area (Å²) in [7, 11) is 1.67. The van der Waals surface area contributed by atoms with Gasteiger partial charge in [-0.2, -0.15) is 0 Å². The van der Waals surface area contributed by atoms with Crippen LogP contribution in [-0.4, -0.2) is 83.2 Å². The number of halogens is 1. The van der Waals surface area contributed by atoms with Gasteiger partial charge in [0.1, 0.15) is 11.6 Å². The molecule has 194 valence electrons. The summed E-state index contributed by atoms with van der Waals surface area (Å²) in [5.41, 5.74) is 0.180. The molecular weight excluding hydrogens is 482 g/mol. The number of aliphatic hydroxyl groups excluding tert-OH is 1. The summed E-state index contributed by atoms with van der Waals surface area (Å²) in [6.45, 7) is 11.3. The highest BCUT2D eigenvalue weighted by molar-refractivity contribution is 6.34. The Kier molecular flexibility index (Phi) is 7.33. The number of anilines is 1. The van der Waals surface area contributed by atoms with Gasteiger partial charge >= 0.3 is 0 Å². The fourth-order valence-electron chi connectivity index (χ4n) is 6.29. The number of amides is 3. The molecule has 0 radical (unpaired) electrons. The van der Waals surface area contributed by atoms with Crippen LogP contribution in [0.5, 0.6) is 0 Å². The third-order valence-electron chi connectivity index (χ3n) is 7.81. The lowest BCUT2D eigenvalue weighted by atomic mass is 9.70. The zero-order chi connectivity index (χ0) is 26.4. The molecule has 1 aromatic carbocycles. The molecule has 6 atom stereocenters. The number of aliphatic hydroxyl groups is 1. The maximum atomic E-state index is 14.4. The minimum absolute atomic E-state index is 0.171. The molecule has 1 aromatic rings. The molecule has 2 bridgehead atoms. The second kappa shape index (κ2) is 10.00. The van der Waals surface area contributed by atoms with Crippen LogP contribution < -0.4 is 4.90 Å². The van der Waals surface area contributed by atoms with Gasteiger partial charge in [-0.15, -0.1) is 13.2 Å². The smallest absolute Gasteiger partial charge is 0.253 e. The van der Waals surface area contributed by atoms with Gasteiger partial charge in [-0.25, -0.2) is 0 Å². The monoisotopic (exact) mass is 515 g/mol. The van der Waals surface area contributed by atoms with Crippen LogP contribution >= 0.6 is 11.6 Å². The zero-order valence-corrected chi connectivity index (χ0v) is 21.8. The van der Waals surface area contributed by atoms with Crippen LogP contribution in [0.2, 0.25) is 5.02 Å². The molecule has 9 heteroatoms. The molecule has 3 saturated heterocycles. The van der Waals surface area contributed by atoms with E-state index in [2.05, 4.69) is 13.2 Å². The number of para-hydroxylation sites is 1. The number of likely N-dealkylation sites (tertiary alicyclic amines) is 1. The maximum absolute atomic E-state index is 14.4. The summed E-state index contributed by atoms with van der Waals surface area (Å²) >= 11 is 6.54. The highest BCUT2D eigenvalue weighted by Gasteiger charge is 2.75. The Morgan fingerprint density at radius 1 is 1.31 bits per heavy atom. The predicted octanol–water partition coefficient (Wildman–Crippen LogP) is 2.57. The lowest BCUT2D eigenvalue weighted by molar-refractivity contribution is -0.146. The number of aryl methyl sites for hydroxylation is 1. The van der Waals surface area contributed by atoms with E-state index in [4.69, 9.17) is 16.3 Å². The van der Waals surface area contributed by atoms with Gasteiger partial charge in [-0.05, 0) is 38.3 Å². The van der Waals surface area contributed by atoms with E-state index in [-0.39, 0.29) is 30.9 Å². The maximum Gasteiger partial charge on any atom is 0.253 e. The first-order valence-electron chi connectivity index (χ1n) is 12.3. The number of carbonyl (C=O) groups excluding carboxylic acids is 3. The van der Waals surface area contributed by atoms with E-state index in [9.17, 15) is 19.5 Å². The summed E-state index contributed by atoms with van der Waals surface area (Å²) in [6, 6.07) is 3.73. The van der Waals surface area contributed by atoms with Crippen LogP contribution in [0.4, 0.5) is 5.69 Å². The van der Waals surface area contributed by atoms with Crippen molar-refractivity contribution in [2.45, 2.75) is 50.5 Å². The van der Waals surface area contributed by atoms with Crippen LogP contribution in [-0.2, 0) is 19.1 Å². The molecule has 1 spiro atoms. The largest absolute Gasteiger partial charge is 0.394 e. The Morgan fingerprint density at radius 3 is 2.61 bits per heavy atom. The minimum atomic E-state index is -1.16. The molecule has 3 amide bonds. The average molecular weight is 516 g/mol. The van der Waals surface area contributed by atoms with Crippen molar-refractivity contribution in [2.75, 3.05) is 31.6 Å². The van der Waals surface area contributed by atoms with Crippen molar-refractivity contribution in [3.8, 4) is 0 Å². The number of carbonyl (C=O) groups is 3. The third kappa shape index (κ3) is 3.86. The highest BCUT2D eigenvalue weighted by atomic mass is 35.5. The molecule has 3 aliphatic rings. The quantitative estimate of drug-likeness (QED) is 0.510. The van der Waals surface area contributed by atoms with E-state index < -0.39 is 35.6 Å². The van der Waals surface area contributed by atoms with E-state index in [1.807, 2.05) is 19.1 Å². The number of ether oxygens (including phenoxy) is 1. The van der Waals surface area contributed by atoms with Gasteiger partial charge in [-0.1, -0.05) is 35.9 Å². The number of benzene rings is 1. The summed E-state index contributed by atoms with van der Waals surface area (Å²) in [4.78, 5) is 46.3. The van der Waals surface area contributed by atoms with E-state index in [1.54, 1.807) is 32.2 Å². The molecule has 2 unspecified atom stereocenters. The minimum Gasteiger partial charge on any atom is -0.394 e. The SMILES string of the molecule is C=CCN(C)C(=O)[C@@H]1[C@H]2C(=O)N([C@H](C)CO)C(C(=O)N(CC=C)c3c(C)cccc3Cl)C23CC[C@H]1O3. The molecule has 4 rings (SSSR count). The van der Waals surface area contributed by atoms with Gasteiger partial charge in [0.05, 0.1) is 41.3 Å². The zero-order valence-electron chi connectivity index (χ0n) is 21.0. The third-order valence-corrected chi connectivity index (χ3v) is 8.12. The Morgan fingerprint density at radius 2 is 2.00 bits per heavy atom. The van der Waals surface area contributed by atoms with E-state index in [0.29, 0.717) is 30.1 Å². The molecule has 0 saturated carbocycles. The van der Waals surface area contributed by atoms with E-state index >= 15 is 0 Å². The van der Waals surface area contributed by atoms with E-state index in [1.165, 1.54) is 14.7 Å². The summed E-state index contributed by atoms with van der Waals surface area (Å²) in [6.07, 6.45) is 3.83. The molecule has 0 aromatic heterocycles. The first kappa shape index (κ1) is 26.4. The lowest BCUT2D eigenvalue weighted by Crippen LogP contribution is -2.58.